The van der Waals surface area contributed by atoms with Crippen molar-refractivity contribution in [2.24, 2.45) is 7.05 Å². The fourth-order valence-corrected chi connectivity index (χ4v) is 2.22. The second-order valence-corrected chi connectivity index (χ2v) is 4.82. The quantitative estimate of drug-likeness (QED) is 0.785. The molecule has 102 valence electrons. The van der Waals surface area contributed by atoms with E-state index in [1.54, 1.807) is 0 Å². The lowest BCUT2D eigenvalue weighted by Crippen LogP contribution is -2.16. The molecule has 1 aromatic carbocycles. The highest BCUT2D eigenvalue weighted by atomic mass is 15.3. The molecule has 2 heterocycles. The zero-order valence-corrected chi connectivity index (χ0v) is 11.7. The Morgan fingerprint density at radius 3 is 2.75 bits per heavy atom. The van der Waals surface area contributed by atoms with E-state index in [4.69, 9.17) is 0 Å². The van der Waals surface area contributed by atoms with Crippen molar-refractivity contribution in [2.45, 2.75) is 20.0 Å². The molecule has 0 radical (unpaired) electrons. The number of benzene rings is 1. The van der Waals surface area contributed by atoms with Crippen LogP contribution in [-0.2, 0) is 20.1 Å². The van der Waals surface area contributed by atoms with Gasteiger partial charge in [0.05, 0.1) is 12.1 Å². The lowest BCUT2D eigenvalue weighted by molar-refractivity contribution is 0.636. The highest BCUT2D eigenvalue weighted by Gasteiger charge is 2.05. The zero-order valence-electron chi connectivity index (χ0n) is 11.7. The lowest BCUT2D eigenvalue weighted by Gasteiger charge is -2.07. The largest absolute Gasteiger partial charge is 0.317 e. The van der Waals surface area contributed by atoms with Gasteiger partial charge in [-0.3, -0.25) is 4.98 Å². The first-order chi connectivity index (χ1) is 9.75. The summed E-state index contributed by atoms with van der Waals surface area (Å²) in [7, 11) is 1.98. The Kier molecular flexibility index (Phi) is 3.43. The number of para-hydroxylation sites is 1. The molecular formula is C15H17N5. The van der Waals surface area contributed by atoms with Gasteiger partial charge in [0.2, 0.25) is 0 Å². The molecule has 0 saturated heterocycles. The molecule has 0 amide bonds. The van der Waals surface area contributed by atoms with Crippen LogP contribution in [0.1, 0.15) is 17.2 Å². The van der Waals surface area contributed by atoms with Gasteiger partial charge in [0.15, 0.2) is 0 Å². The minimum Gasteiger partial charge on any atom is -0.317 e. The van der Waals surface area contributed by atoms with Crippen LogP contribution >= 0.6 is 0 Å². The fraction of sp³-hybridized carbons (Fsp3) is 0.267. The number of aryl methyl sites for hydroxylation is 1. The minimum atomic E-state index is 0.695. The molecule has 3 rings (SSSR count). The maximum atomic E-state index is 4.46. The molecule has 0 unspecified atom stereocenters. The Labute approximate surface area is 117 Å². The molecule has 0 bridgehead atoms. The smallest absolute Gasteiger partial charge is 0.146 e. The summed E-state index contributed by atoms with van der Waals surface area (Å²) in [6.07, 6.45) is 1.83. The molecule has 0 atom stereocenters. The van der Waals surface area contributed by atoms with Gasteiger partial charge in [-0.2, -0.15) is 0 Å². The molecule has 3 aromatic rings. The van der Waals surface area contributed by atoms with E-state index in [0.717, 1.165) is 23.7 Å². The van der Waals surface area contributed by atoms with Crippen molar-refractivity contribution in [1.82, 2.24) is 25.1 Å². The third-order valence-corrected chi connectivity index (χ3v) is 3.50. The Balaban J connectivity index is 1.73. The summed E-state index contributed by atoms with van der Waals surface area (Å²) in [6, 6.07) is 10.3. The highest BCUT2D eigenvalue weighted by molar-refractivity contribution is 5.81. The molecule has 0 spiro atoms. The SMILES string of the molecule is Cc1nnc(CNCc2cccc3cccnc23)n1C. The summed E-state index contributed by atoms with van der Waals surface area (Å²) in [5.74, 6) is 1.87. The summed E-state index contributed by atoms with van der Waals surface area (Å²) in [6.45, 7) is 3.41. The third-order valence-electron chi connectivity index (χ3n) is 3.50. The highest BCUT2D eigenvalue weighted by Crippen LogP contribution is 2.15. The third kappa shape index (κ3) is 2.40. The van der Waals surface area contributed by atoms with Crippen molar-refractivity contribution in [3.05, 3.63) is 53.7 Å². The van der Waals surface area contributed by atoms with Crippen LogP contribution in [0.25, 0.3) is 10.9 Å². The first-order valence-electron chi connectivity index (χ1n) is 6.64. The first kappa shape index (κ1) is 12.7. The Morgan fingerprint density at radius 1 is 1.10 bits per heavy atom. The molecule has 0 saturated carbocycles. The summed E-state index contributed by atoms with van der Waals surface area (Å²) < 4.78 is 1.99. The van der Waals surface area contributed by atoms with Gasteiger partial charge < -0.3 is 9.88 Å². The van der Waals surface area contributed by atoms with Crippen LogP contribution in [0.3, 0.4) is 0 Å². The number of hydrogen-bond donors (Lipinski definition) is 1. The second-order valence-electron chi connectivity index (χ2n) is 4.82. The number of nitrogens with one attached hydrogen (secondary N) is 1. The average Bonchev–Trinajstić information content (AvgIpc) is 2.79. The van der Waals surface area contributed by atoms with Crippen LogP contribution in [0.2, 0.25) is 0 Å². The predicted molar refractivity (Wildman–Crippen MR) is 78.0 cm³/mol. The van der Waals surface area contributed by atoms with E-state index < -0.39 is 0 Å². The predicted octanol–water partition coefficient (Wildman–Crippen LogP) is 1.96. The van der Waals surface area contributed by atoms with Gasteiger partial charge in [0.25, 0.3) is 0 Å². The topological polar surface area (TPSA) is 55.6 Å². The number of fused-ring (bicyclic) bond motifs is 1. The first-order valence-corrected chi connectivity index (χ1v) is 6.64. The summed E-state index contributed by atoms with van der Waals surface area (Å²) in [5, 5.41) is 12.8. The van der Waals surface area contributed by atoms with Crippen LogP contribution in [0, 0.1) is 6.92 Å². The molecule has 0 aliphatic carbocycles. The van der Waals surface area contributed by atoms with Crippen LogP contribution in [-0.4, -0.2) is 19.7 Å². The van der Waals surface area contributed by atoms with Crippen LogP contribution in [0.4, 0.5) is 0 Å². The van der Waals surface area contributed by atoms with Gasteiger partial charge in [-0.25, -0.2) is 0 Å². The second kappa shape index (κ2) is 5.38. The van der Waals surface area contributed by atoms with Crippen molar-refractivity contribution in [1.29, 1.82) is 0 Å². The van der Waals surface area contributed by atoms with Crippen LogP contribution in [0.5, 0.6) is 0 Å². The van der Waals surface area contributed by atoms with E-state index in [9.17, 15) is 0 Å². The molecule has 20 heavy (non-hydrogen) atoms. The molecule has 0 aliphatic heterocycles. The van der Waals surface area contributed by atoms with Gasteiger partial charge in [0, 0.05) is 25.2 Å². The number of nitrogens with zero attached hydrogens (tertiary/aromatic N) is 4. The Hall–Kier alpha value is -2.27. The molecule has 5 heteroatoms. The van der Waals surface area contributed by atoms with Crippen molar-refractivity contribution in [2.75, 3.05) is 0 Å². The zero-order chi connectivity index (χ0) is 13.9. The van der Waals surface area contributed by atoms with Crippen molar-refractivity contribution < 1.29 is 0 Å². The molecule has 1 N–H and O–H groups in total. The lowest BCUT2D eigenvalue weighted by atomic mass is 10.1. The number of rotatable bonds is 4. The average molecular weight is 267 g/mol. The molecule has 2 aromatic heterocycles. The van der Waals surface area contributed by atoms with Crippen LogP contribution < -0.4 is 5.32 Å². The number of pyridine rings is 1. The summed E-state index contributed by atoms with van der Waals surface area (Å²) in [5.41, 5.74) is 2.25. The fourth-order valence-electron chi connectivity index (χ4n) is 2.22. The number of hydrogen-bond acceptors (Lipinski definition) is 4. The maximum Gasteiger partial charge on any atom is 0.146 e. The van der Waals surface area contributed by atoms with Gasteiger partial charge in [-0.1, -0.05) is 24.3 Å². The monoisotopic (exact) mass is 267 g/mol. The Morgan fingerprint density at radius 2 is 1.95 bits per heavy atom. The van der Waals surface area contributed by atoms with Gasteiger partial charge in [0.1, 0.15) is 11.6 Å². The van der Waals surface area contributed by atoms with Gasteiger partial charge in [-0.05, 0) is 18.6 Å². The van der Waals surface area contributed by atoms with Crippen molar-refractivity contribution in [3.8, 4) is 0 Å². The van der Waals surface area contributed by atoms with Crippen LogP contribution in [0.15, 0.2) is 36.5 Å². The molecular weight excluding hydrogens is 250 g/mol. The molecule has 0 fully saturated rings. The summed E-state index contributed by atoms with van der Waals surface area (Å²) in [4.78, 5) is 4.46. The van der Waals surface area contributed by atoms with E-state index in [2.05, 4.69) is 44.8 Å². The standard InChI is InChI=1S/C15H17N5/c1-11-18-19-14(20(11)2)10-16-9-13-6-3-5-12-7-4-8-17-15(12)13/h3-8,16H,9-10H2,1-2H3. The van der Waals surface area contributed by atoms with E-state index in [0.29, 0.717) is 6.54 Å². The van der Waals surface area contributed by atoms with Crippen molar-refractivity contribution >= 4 is 10.9 Å². The number of aromatic nitrogens is 4. The van der Waals surface area contributed by atoms with Gasteiger partial charge >= 0.3 is 0 Å². The van der Waals surface area contributed by atoms with Crippen molar-refractivity contribution in [3.63, 3.8) is 0 Å². The van der Waals surface area contributed by atoms with Gasteiger partial charge in [-0.15, -0.1) is 10.2 Å². The summed E-state index contributed by atoms with van der Waals surface area (Å²) >= 11 is 0. The van der Waals surface area contributed by atoms with E-state index in [-0.39, 0.29) is 0 Å². The van der Waals surface area contributed by atoms with E-state index in [1.807, 2.05) is 30.8 Å². The molecule has 0 aliphatic rings. The minimum absolute atomic E-state index is 0.695. The van der Waals surface area contributed by atoms with E-state index >= 15 is 0 Å². The Bertz CT molecular complexity index is 727. The molecule has 5 nitrogen and oxygen atoms in total. The maximum absolute atomic E-state index is 4.46. The normalized spacial score (nSPS) is 11.1. The van der Waals surface area contributed by atoms with E-state index in [1.165, 1.54) is 10.9 Å².